The zero-order chi connectivity index (χ0) is 17.2. The number of nitrogens with one attached hydrogen (secondary N) is 1. The number of hydrogen-bond acceptors (Lipinski definition) is 2. The normalized spacial score (nSPS) is 14.3. The lowest BCUT2D eigenvalue weighted by molar-refractivity contribution is 0.702. The third-order valence-electron chi connectivity index (χ3n) is 4.58. The minimum absolute atomic E-state index is 0. The van der Waals surface area contributed by atoms with E-state index in [-0.39, 0.29) is 24.0 Å². The Morgan fingerprint density at radius 1 is 1.23 bits per heavy atom. The number of imidazole rings is 1. The van der Waals surface area contributed by atoms with E-state index in [0.29, 0.717) is 18.5 Å². The van der Waals surface area contributed by atoms with Crippen LogP contribution in [0.1, 0.15) is 37.2 Å². The van der Waals surface area contributed by atoms with Gasteiger partial charge in [-0.3, -0.25) is 0 Å². The van der Waals surface area contributed by atoms with Gasteiger partial charge in [-0.15, -0.1) is 24.0 Å². The molecule has 4 rings (SSSR count). The van der Waals surface area contributed by atoms with Crippen molar-refractivity contribution in [1.82, 2.24) is 9.55 Å². The second-order valence-electron chi connectivity index (χ2n) is 6.50. The van der Waals surface area contributed by atoms with E-state index < -0.39 is 0 Å². The van der Waals surface area contributed by atoms with Gasteiger partial charge in [0.05, 0.1) is 11.0 Å². The van der Waals surface area contributed by atoms with Crippen LogP contribution >= 0.6 is 24.0 Å². The predicted octanol–water partition coefficient (Wildman–Crippen LogP) is 4.48. The Hall–Kier alpha value is -2.09. The van der Waals surface area contributed by atoms with Crippen molar-refractivity contribution in [3.05, 3.63) is 59.9 Å². The summed E-state index contributed by atoms with van der Waals surface area (Å²) in [6.07, 6.45) is 3.43. The van der Waals surface area contributed by atoms with Crippen molar-refractivity contribution in [3.8, 4) is 0 Å². The molecule has 1 aromatic heterocycles. The van der Waals surface area contributed by atoms with Crippen LogP contribution in [0.5, 0.6) is 0 Å². The average molecular weight is 461 g/mol. The first kappa shape index (κ1) is 18.7. The van der Waals surface area contributed by atoms with Gasteiger partial charge in [0.25, 0.3) is 0 Å². The number of halogens is 1. The largest absolute Gasteiger partial charge is 0.370 e. The molecule has 26 heavy (non-hydrogen) atoms. The Balaban J connectivity index is 0.00000196. The first-order valence-corrected chi connectivity index (χ1v) is 8.86. The molecule has 0 bridgehead atoms. The molecule has 1 heterocycles. The van der Waals surface area contributed by atoms with Crippen molar-refractivity contribution < 1.29 is 0 Å². The summed E-state index contributed by atoms with van der Waals surface area (Å²) in [6.45, 7) is 2.62. The Labute approximate surface area is 170 Å². The number of nitrogens with two attached hydrogens (primary N) is 1. The van der Waals surface area contributed by atoms with E-state index in [1.54, 1.807) is 0 Å². The molecule has 0 spiro atoms. The number of fused-ring (bicyclic) bond motifs is 1. The number of nitrogens with zero attached hydrogens (tertiary/aromatic N) is 3. The predicted molar refractivity (Wildman–Crippen MR) is 118 cm³/mol. The number of guanidine groups is 1. The van der Waals surface area contributed by atoms with Crippen LogP contribution < -0.4 is 11.1 Å². The Bertz CT molecular complexity index is 927. The standard InChI is InChI=1S/C20H23N5.HI/c1-2-14-6-5-7-15(12-14)23-20(21)22-13-19-24-17-8-3-4-9-18(17)25(19)16-10-11-16;/h3-9,12,16H,2,10-11,13H2,1H3,(H3,21,22,23);1H. The highest BCUT2D eigenvalue weighted by Crippen LogP contribution is 2.38. The van der Waals surface area contributed by atoms with Crippen molar-refractivity contribution in [2.45, 2.75) is 38.8 Å². The number of aryl methyl sites for hydroxylation is 1. The zero-order valence-electron chi connectivity index (χ0n) is 14.9. The summed E-state index contributed by atoms with van der Waals surface area (Å²) in [5, 5.41) is 3.18. The lowest BCUT2D eigenvalue weighted by atomic mass is 10.1. The molecule has 1 saturated carbocycles. The summed E-state index contributed by atoms with van der Waals surface area (Å²) >= 11 is 0. The Morgan fingerprint density at radius 2 is 2.04 bits per heavy atom. The number of benzene rings is 2. The summed E-state index contributed by atoms with van der Waals surface area (Å²) in [5.74, 6) is 1.40. The third kappa shape index (κ3) is 4.00. The SMILES string of the molecule is CCc1cccc(NC(N)=NCc2nc3ccccc3n2C2CC2)c1.I. The van der Waals surface area contributed by atoms with E-state index in [9.17, 15) is 0 Å². The zero-order valence-corrected chi connectivity index (χ0v) is 17.2. The van der Waals surface area contributed by atoms with Gasteiger partial charge in [-0.05, 0) is 49.1 Å². The molecule has 5 nitrogen and oxygen atoms in total. The van der Waals surface area contributed by atoms with E-state index in [1.807, 2.05) is 18.2 Å². The smallest absolute Gasteiger partial charge is 0.193 e. The summed E-state index contributed by atoms with van der Waals surface area (Å²) in [4.78, 5) is 9.26. The maximum atomic E-state index is 6.08. The van der Waals surface area contributed by atoms with Gasteiger partial charge in [0, 0.05) is 11.7 Å². The molecule has 1 fully saturated rings. The molecular weight excluding hydrogens is 437 g/mol. The van der Waals surface area contributed by atoms with Crippen LogP contribution in [-0.2, 0) is 13.0 Å². The monoisotopic (exact) mass is 461 g/mol. The minimum atomic E-state index is 0. The Kier molecular flexibility index (Phi) is 5.80. The molecule has 6 heteroatoms. The molecule has 1 aliphatic carbocycles. The van der Waals surface area contributed by atoms with Crippen LogP contribution in [0.15, 0.2) is 53.5 Å². The number of rotatable bonds is 5. The number of para-hydroxylation sites is 2. The van der Waals surface area contributed by atoms with Crippen molar-refractivity contribution in [2.24, 2.45) is 10.7 Å². The van der Waals surface area contributed by atoms with Crippen LogP contribution in [0.2, 0.25) is 0 Å². The fraction of sp³-hybridized carbons (Fsp3) is 0.300. The second-order valence-corrected chi connectivity index (χ2v) is 6.50. The van der Waals surface area contributed by atoms with Gasteiger partial charge in [0.2, 0.25) is 0 Å². The maximum Gasteiger partial charge on any atom is 0.193 e. The molecule has 0 saturated heterocycles. The summed E-state index contributed by atoms with van der Waals surface area (Å²) in [5.41, 5.74) is 10.5. The van der Waals surface area contributed by atoms with E-state index in [1.165, 1.54) is 23.9 Å². The van der Waals surface area contributed by atoms with Crippen LogP contribution in [0.3, 0.4) is 0 Å². The first-order chi connectivity index (χ1) is 12.2. The first-order valence-electron chi connectivity index (χ1n) is 8.86. The number of aliphatic imine (C=N–C) groups is 1. The van der Waals surface area contributed by atoms with Crippen LogP contribution in [0, 0.1) is 0 Å². The topological polar surface area (TPSA) is 68.2 Å². The molecule has 136 valence electrons. The van der Waals surface area contributed by atoms with E-state index in [4.69, 9.17) is 10.7 Å². The second kappa shape index (κ2) is 8.07. The van der Waals surface area contributed by atoms with Gasteiger partial charge >= 0.3 is 0 Å². The Morgan fingerprint density at radius 3 is 2.81 bits per heavy atom. The molecule has 3 aromatic rings. The average Bonchev–Trinajstić information content (AvgIpc) is 3.40. The van der Waals surface area contributed by atoms with Crippen molar-refractivity contribution in [3.63, 3.8) is 0 Å². The summed E-state index contributed by atoms with van der Waals surface area (Å²) in [7, 11) is 0. The maximum absolute atomic E-state index is 6.08. The van der Waals surface area contributed by atoms with Gasteiger partial charge in [-0.2, -0.15) is 0 Å². The molecule has 0 amide bonds. The fourth-order valence-electron chi connectivity index (χ4n) is 3.16. The molecule has 2 aromatic carbocycles. The van der Waals surface area contributed by atoms with E-state index >= 15 is 0 Å². The van der Waals surface area contributed by atoms with E-state index in [0.717, 1.165) is 23.4 Å². The van der Waals surface area contributed by atoms with Crippen LogP contribution in [0.4, 0.5) is 5.69 Å². The summed E-state index contributed by atoms with van der Waals surface area (Å²) < 4.78 is 2.32. The van der Waals surface area contributed by atoms with E-state index in [2.05, 4.69) is 52.1 Å². The fourth-order valence-corrected chi connectivity index (χ4v) is 3.16. The van der Waals surface area contributed by atoms with Gasteiger partial charge < -0.3 is 15.6 Å². The van der Waals surface area contributed by atoms with Gasteiger partial charge in [0.1, 0.15) is 12.4 Å². The minimum Gasteiger partial charge on any atom is -0.370 e. The van der Waals surface area contributed by atoms with Crippen LogP contribution in [0.25, 0.3) is 11.0 Å². The lowest BCUT2D eigenvalue weighted by Gasteiger charge is -2.08. The molecule has 0 aliphatic heterocycles. The highest BCUT2D eigenvalue weighted by atomic mass is 127. The molecule has 1 aliphatic rings. The molecular formula is C20H24IN5. The van der Waals surface area contributed by atoms with Crippen molar-refractivity contribution in [1.29, 1.82) is 0 Å². The summed E-state index contributed by atoms with van der Waals surface area (Å²) in [6, 6.07) is 17.1. The van der Waals surface area contributed by atoms with Gasteiger partial charge in [-0.1, -0.05) is 31.2 Å². The molecule has 0 atom stereocenters. The van der Waals surface area contributed by atoms with Crippen molar-refractivity contribution in [2.75, 3.05) is 5.32 Å². The molecule has 0 radical (unpaired) electrons. The highest BCUT2D eigenvalue weighted by molar-refractivity contribution is 14.0. The highest BCUT2D eigenvalue weighted by Gasteiger charge is 2.27. The van der Waals surface area contributed by atoms with Crippen molar-refractivity contribution >= 4 is 46.7 Å². The van der Waals surface area contributed by atoms with Gasteiger partial charge in [0.15, 0.2) is 5.96 Å². The number of anilines is 1. The van der Waals surface area contributed by atoms with Crippen LogP contribution in [-0.4, -0.2) is 15.5 Å². The molecule has 3 N–H and O–H groups in total. The number of hydrogen-bond donors (Lipinski definition) is 2. The number of aromatic nitrogens is 2. The quantitative estimate of drug-likeness (QED) is 0.335. The third-order valence-corrected chi connectivity index (χ3v) is 4.58. The van der Waals surface area contributed by atoms with Gasteiger partial charge in [-0.25, -0.2) is 9.98 Å². The molecule has 0 unspecified atom stereocenters. The lowest BCUT2D eigenvalue weighted by Crippen LogP contribution is -2.23.